The summed E-state index contributed by atoms with van der Waals surface area (Å²) in [6.07, 6.45) is 0.00135. The lowest BCUT2D eigenvalue weighted by Gasteiger charge is -2.16. The van der Waals surface area contributed by atoms with E-state index in [1.54, 1.807) is 30.5 Å². The van der Waals surface area contributed by atoms with E-state index >= 15 is 0 Å². The molecule has 4 heteroatoms. The van der Waals surface area contributed by atoms with E-state index in [2.05, 4.69) is 4.99 Å². The molecular weight excluding hydrogens is 254 g/mol. The summed E-state index contributed by atoms with van der Waals surface area (Å²) in [5.41, 5.74) is 1.51. The Morgan fingerprint density at radius 2 is 1.55 bits per heavy atom. The van der Waals surface area contributed by atoms with E-state index in [1.165, 1.54) is 0 Å². The second-order valence-corrected chi connectivity index (χ2v) is 4.33. The summed E-state index contributed by atoms with van der Waals surface area (Å²) in [7, 11) is 0. The van der Waals surface area contributed by atoms with Crippen LogP contribution >= 0.6 is 0 Å². The van der Waals surface area contributed by atoms with Gasteiger partial charge in [-0.25, -0.2) is 4.79 Å². The molecule has 0 fully saturated rings. The summed E-state index contributed by atoms with van der Waals surface area (Å²) >= 11 is 0. The number of carboxylic acid groups (broad SMARTS) is 1. The molecule has 0 saturated heterocycles. The SMILES string of the molecule is O=C(O)[C@H](O)[C@@H](N=Cc1ccccc1)c1ccccc1. The van der Waals surface area contributed by atoms with Crippen LogP contribution in [0.25, 0.3) is 0 Å². The standard InChI is InChI=1S/C16H15NO3/c18-15(16(19)20)14(13-9-5-2-6-10-13)17-11-12-7-3-1-4-8-12/h1-11,14-15,18H,(H,19,20)/t14-,15+/m0/s1. The summed E-state index contributed by atoms with van der Waals surface area (Å²) in [5.74, 6) is -1.29. The van der Waals surface area contributed by atoms with Crippen LogP contribution in [0.2, 0.25) is 0 Å². The first-order valence-corrected chi connectivity index (χ1v) is 6.22. The number of carboxylic acids is 1. The highest BCUT2D eigenvalue weighted by molar-refractivity contribution is 5.80. The van der Waals surface area contributed by atoms with Crippen molar-refractivity contribution in [1.82, 2.24) is 0 Å². The van der Waals surface area contributed by atoms with Crippen molar-refractivity contribution in [3.05, 3.63) is 71.8 Å². The van der Waals surface area contributed by atoms with Crippen molar-refractivity contribution in [2.45, 2.75) is 12.1 Å². The van der Waals surface area contributed by atoms with Crippen molar-refractivity contribution in [3.8, 4) is 0 Å². The molecule has 2 rings (SSSR count). The first-order valence-electron chi connectivity index (χ1n) is 6.22. The molecule has 2 atom stereocenters. The van der Waals surface area contributed by atoms with Crippen molar-refractivity contribution in [1.29, 1.82) is 0 Å². The highest BCUT2D eigenvalue weighted by atomic mass is 16.4. The van der Waals surface area contributed by atoms with Gasteiger partial charge < -0.3 is 10.2 Å². The first kappa shape index (κ1) is 14.0. The van der Waals surface area contributed by atoms with Gasteiger partial charge in [-0.05, 0) is 11.1 Å². The summed E-state index contributed by atoms with van der Waals surface area (Å²) in [6, 6.07) is 17.4. The van der Waals surface area contributed by atoms with E-state index in [9.17, 15) is 9.90 Å². The maximum atomic E-state index is 11.0. The maximum absolute atomic E-state index is 11.0. The fourth-order valence-corrected chi connectivity index (χ4v) is 1.84. The van der Waals surface area contributed by atoms with Crippen molar-refractivity contribution >= 4 is 12.2 Å². The fourth-order valence-electron chi connectivity index (χ4n) is 1.84. The minimum atomic E-state index is -1.57. The molecule has 20 heavy (non-hydrogen) atoms. The molecule has 0 aliphatic rings. The Bertz CT molecular complexity index is 581. The van der Waals surface area contributed by atoms with Crippen LogP contribution in [0, 0.1) is 0 Å². The zero-order valence-electron chi connectivity index (χ0n) is 10.8. The number of aliphatic hydroxyl groups is 1. The molecule has 2 N–H and O–H groups in total. The molecule has 0 heterocycles. The second kappa shape index (κ2) is 6.63. The zero-order chi connectivity index (χ0) is 14.4. The van der Waals surface area contributed by atoms with Gasteiger partial charge in [0, 0.05) is 6.21 Å². The monoisotopic (exact) mass is 269 g/mol. The van der Waals surface area contributed by atoms with Crippen LogP contribution in [0.5, 0.6) is 0 Å². The van der Waals surface area contributed by atoms with Gasteiger partial charge in [-0.1, -0.05) is 60.7 Å². The van der Waals surface area contributed by atoms with E-state index in [1.807, 2.05) is 36.4 Å². The molecule has 0 aliphatic carbocycles. The van der Waals surface area contributed by atoms with Crippen LogP contribution < -0.4 is 0 Å². The van der Waals surface area contributed by atoms with Crippen LogP contribution in [-0.4, -0.2) is 28.5 Å². The number of benzene rings is 2. The van der Waals surface area contributed by atoms with Crippen molar-refractivity contribution in [2.24, 2.45) is 4.99 Å². The average Bonchev–Trinajstić information content (AvgIpc) is 2.49. The molecule has 0 spiro atoms. The Morgan fingerprint density at radius 3 is 2.10 bits per heavy atom. The van der Waals surface area contributed by atoms with E-state index in [0.29, 0.717) is 5.56 Å². The molecular formula is C16H15NO3. The molecule has 0 unspecified atom stereocenters. The number of aliphatic carboxylic acids is 1. The summed E-state index contributed by atoms with van der Waals surface area (Å²) < 4.78 is 0. The average molecular weight is 269 g/mol. The third kappa shape index (κ3) is 3.52. The number of nitrogens with zero attached hydrogens (tertiary/aromatic N) is 1. The topological polar surface area (TPSA) is 69.9 Å². The van der Waals surface area contributed by atoms with Crippen LogP contribution in [0.3, 0.4) is 0 Å². The molecule has 0 aliphatic heterocycles. The quantitative estimate of drug-likeness (QED) is 0.818. The van der Waals surface area contributed by atoms with Gasteiger partial charge in [0.2, 0.25) is 0 Å². The zero-order valence-corrected chi connectivity index (χ0v) is 10.8. The fraction of sp³-hybridized carbons (Fsp3) is 0.125. The Hall–Kier alpha value is -2.46. The van der Waals surface area contributed by atoms with Gasteiger partial charge in [0.05, 0.1) is 0 Å². The smallest absolute Gasteiger partial charge is 0.335 e. The van der Waals surface area contributed by atoms with Crippen LogP contribution in [-0.2, 0) is 4.79 Å². The number of hydrogen-bond donors (Lipinski definition) is 2. The molecule has 0 radical (unpaired) electrons. The summed E-state index contributed by atoms with van der Waals surface area (Å²) in [5, 5.41) is 18.8. The Balaban J connectivity index is 2.28. The minimum absolute atomic E-state index is 0.662. The predicted molar refractivity (Wildman–Crippen MR) is 76.9 cm³/mol. The van der Waals surface area contributed by atoms with Crippen LogP contribution in [0.15, 0.2) is 65.7 Å². The highest BCUT2D eigenvalue weighted by Crippen LogP contribution is 2.21. The van der Waals surface area contributed by atoms with Gasteiger partial charge in [0.25, 0.3) is 0 Å². The molecule has 0 saturated carbocycles. The molecule has 0 bridgehead atoms. The number of rotatable bonds is 5. The lowest BCUT2D eigenvalue weighted by Crippen LogP contribution is -2.26. The Morgan fingerprint density at radius 1 is 1.00 bits per heavy atom. The van der Waals surface area contributed by atoms with Gasteiger partial charge in [0.1, 0.15) is 6.04 Å². The van der Waals surface area contributed by atoms with Gasteiger partial charge >= 0.3 is 5.97 Å². The van der Waals surface area contributed by atoms with Crippen molar-refractivity contribution < 1.29 is 15.0 Å². The predicted octanol–water partition coefficient (Wildman–Crippen LogP) is 2.29. The molecule has 0 aromatic heterocycles. The number of hydrogen-bond acceptors (Lipinski definition) is 3. The second-order valence-electron chi connectivity index (χ2n) is 4.33. The van der Waals surface area contributed by atoms with E-state index in [-0.39, 0.29) is 0 Å². The third-order valence-corrected chi connectivity index (χ3v) is 2.88. The molecule has 0 amide bonds. The number of aliphatic hydroxyl groups excluding tert-OH is 1. The highest BCUT2D eigenvalue weighted by Gasteiger charge is 2.26. The molecule has 4 nitrogen and oxygen atoms in total. The maximum Gasteiger partial charge on any atom is 0.335 e. The Labute approximate surface area is 117 Å². The summed E-state index contributed by atoms with van der Waals surface area (Å²) in [4.78, 5) is 15.2. The largest absolute Gasteiger partial charge is 0.479 e. The van der Waals surface area contributed by atoms with Crippen LogP contribution in [0.4, 0.5) is 0 Å². The molecule has 102 valence electrons. The van der Waals surface area contributed by atoms with Gasteiger partial charge in [-0.2, -0.15) is 0 Å². The number of aliphatic imine (C=N–C) groups is 1. The van der Waals surface area contributed by atoms with E-state index < -0.39 is 18.1 Å². The van der Waals surface area contributed by atoms with Gasteiger partial charge in [-0.3, -0.25) is 4.99 Å². The third-order valence-electron chi connectivity index (χ3n) is 2.88. The lowest BCUT2D eigenvalue weighted by molar-refractivity contribution is -0.147. The minimum Gasteiger partial charge on any atom is -0.479 e. The normalized spacial score (nSPS) is 14.1. The first-order chi connectivity index (χ1) is 9.68. The Kier molecular flexibility index (Phi) is 4.63. The molecule has 2 aromatic carbocycles. The lowest BCUT2D eigenvalue weighted by atomic mass is 10.0. The molecule has 2 aromatic rings. The van der Waals surface area contributed by atoms with Crippen molar-refractivity contribution in [3.63, 3.8) is 0 Å². The van der Waals surface area contributed by atoms with Gasteiger partial charge in [0.15, 0.2) is 6.10 Å². The van der Waals surface area contributed by atoms with E-state index in [0.717, 1.165) is 5.56 Å². The number of carbonyl (C=O) groups is 1. The van der Waals surface area contributed by atoms with Crippen LogP contribution in [0.1, 0.15) is 17.2 Å². The van der Waals surface area contributed by atoms with E-state index in [4.69, 9.17) is 5.11 Å². The summed E-state index contributed by atoms with van der Waals surface area (Å²) in [6.45, 7) is 0. The van der Waals surface area contributed by atoms with Gasteiger partial charge in [-0.15, -0.1) is 0 Å². The van der Waals surface area contributed by atoms with Crippen molar-refractivity contribution in [2.75, 3.05) is 0 Å².